The van der Waals surface area contributed by atoms with Gasteiger partial charge in [-0.1, -0.05) is 31.2 Å². The van der Waals surface area contributed by atoms with Gasteiger partial charge in [-0.15, -0.1) is 3.89 Å². The summed E-state index contributed by atoms with van der Waals surface area (Å²) in [5, 5.41) is 0. The standard InChI is InChI=1S/C9H11FO2S/c1-2-8-5-3-4-6-9(8)7-13(10,11)12/h3-6H,2,7H2,1H3. The molecule has 0 unspecified atom stereocenters. The van der Waals surface area contributed by atoms with Crippen LogP contribution in [0.1, 0.15) is 18.1 Å². The minimum absolute atomic E-state index is 0.517. The first kappa shape index (κ1) is 10.2. The van der Waals surface area contributed by atoms with E-state index in [1.54, 1.807) is 18.2 Å². The number of benzene rings is 1. The zero-order valence-electron chi connectivity index (χ0n) is 7.33. The lowest BCUT2D eigenvalue weighted by Crippen LogP contribution is -1.99. The molecule has 0 aliphatic rings. The van der Waals surface area contributed by atoms with Crippen LogP contribution in [0.4, 0.5) is 3.89 Å². The first-order valence-corrected chi connectivity index (χ1v) is 5.57. The van der Waals surface area contributed by atoms with Crippen LogP contribution in [0.15, 0.2) is 24.3 Å². The Morgan fingerprint density at radius 1 is 1.23 bits per heavy atom. The van der Waals surface area contributed by atoms with E-state index in [2.05, 4.69) is 0 Å². The van der Waals surface area contributed by atoms with E-state index in [-0.39, 0.29) is 0 Å². The number of aryl methyl sites for hydroxylation is 1. The van der Waals surface area contributed by atoms with E-state index in [1.165, 1.54) is 0 Å². The summed E-state index contributed by atoms with van der Waals surface area (Å²) in [6, 6.07) is 6.96. The Labute approximate surface area is 77.6 Å². The molecule has 0 aromatic heterocycles. The summed E-state index contributed by atoms with van der Waals surface area (Å²) >= 11 is 0. The summed E-state index contributed by atoms with van der Waals surface area (Å²) in [7, 11) is -4.41. The van der Waals surface area contributed by atoms with E-state index < -0.39 is 16.0 Å². The summed E-state index contributed by atoms with van der Waals surface area (Å²) in [5.74, 6) is -0.517. The van der Waals surface area contributed by atoms with Crippen LogP contribution in [0.5, 0.6) is 0 Å². The van der Waals surface area contributed by atoms with Crippen molar-refractivity contribution in [1.82, 2.24) is 0 Å². The van der Waals surface area contributed by atoms with Crippen LogP contribution in [0.25, 0.3) is 0 Å². The number of hydrogen-bond donors (Lipinski definition) is 0. The van der Waals surface area contributed by atoms with Gasteiger partial charge in [0.05, 0.1) is 0 Å². The third-order valence-electron chi connectivity index (χ3n) is 1.83. The van der Waals surface area contributed by atoms with E-state index in [9.17, 15) is 12.3 Å². The van der Waals surface area contributed by atoms with E-state index in [0.29, 0.717) is 12.0 Å². The van der Waals surface area contributed by atoms with Crippen molar-refractivity contribution in [3.63, 3.8) is 0 Å². The van der Waals surface area contributed by atoms with E-state index >= 15 is 0 Å². The van der Waals surface area contributed by atoms with Gasteiger partial charge in [0.15, 0.2) is 0 Å². The van der Waals surface area contributed by atoms with Crippen molar-refractivity contribution in [2.24, 2.45) is 0 Å². The molecule has 0 bridgehead atoms. The molecule has 1 aromatic rings. The lowest BCUT2D eigenvalue weighted by Gasteiger charge is -2.03. The van der Waals surface area contributed by atoms with Crippen molar-refractivity contribution in [2.75, 3.05) is 0 Å². The molecule has 2 nitrogen and oxygen atoms in total. The van der Waals surface area contributed by atoms with Crippen LogP contribution >= 0.6 is 0 Å². The fourth-order valence-electron chi connectivity index (χ4n) is 1.23. The fraction of sp³-hybridized carbons (Fsp3) is 0.333. The molecule has 0 N–H and O–H groups in total. The van der Waals surface area contributed by atoms with Crippen molar-refractivity contribution in [3.05, 3.63) is 35.4 Å². The van der Waals surface area contributed by atoms with Gasteiger partial charge in [-0.3, -0.25) is 0 Å². The molecule has 0 saturated heterocycles. The molecule has 0 heterocycles. The van der Waals surface area contributed by atoms with Crippen molar-refractivity contribution >= 4 is 10.2 Å². The third kappa shape index (κ3) is 3.14. The van der Waals surface area contributed by atoms with Crippen LogP contribution in [-0.2, 0) is 22.4 Å². The zero-order chi connectivity index (χ0) is 9.90. The van der Waals surface area contributed by atoms with Crippen molar-refractivity contribution in [2.45, 2.75) is 19.1 Å². The highest BCUT2D eigenvalue weighted by molar-refractivity contribution is 7.85. The molecule has 0 atom stereocenters. The quantitative estimate of drug-likeness (QED) is 0.703. The Kier molecular flexibility index (Phi) is 3.03. The van der Waals surface area contributed by atoms with Gasteiger partial charge in [0, 0.05) is 0 Å². The summed E-state index contributed by atoms with van der Waals surface area (Å²) in [6.07, 6.45) is 0.714. The molecule has 0 radical (unpaired) electrons. The molecule has 1 aromatic carbocycles. The van der Waals surface area contributed by atoms with Crippen LogP contribution in [0.3, 0.4) is 0 Å². The molecule has 0 aliphatic heterocycles. The van der Waals surface area contributed by atoms with Gasteiger partial charge in [0.25, 0.3) is 0 Å². The zero-order valence-corrected chi connectivity index (χ0v) is 8.14. The highest BCUT2D eigenvalue weighted by Gasteiger charge is 2.10. The lowest BCUT2D eigenvalue weighted by atomic mass is 10.1. The molecular weight excluding hydrogens is 191 g/mol. The smallest absolute Gasteiger partial charge is 0.194 e. The highest BCUT2D eigenvalue weighted by atomic mass is 32.3. The first-order chi connectivity index (χ1) is 6.03. The summed E-state index contributed by atoms with van der Waals surface area (Å²) in [5.41, 5.74) is 1.43. The van der Waals surface area contributed by atoms with Crippen LogP contribution in [0, 0.1) is 0 Å². The summed E-state index contributed by atoms with van der Waals surface area (Å²) in [4.78, 5) is 0. The summed E-state index contributed by atoms with van der Waals surface area (Å²) < 4.78 is 33.2. The first-order valence-electron chi connectivity index (χ1n) is 4.02. The Balaban J connectivity index is 3.01. The topological polar surface area (TPSA) is 34.1 Å². The normalized spacial score (nSPS) is 11.5. The second-order valence-electron chi connectivity index (χ2n) is 2.81. The number of rotatable bonds is 3. The van der Waals surface area contributed by atoms with Gasteiger partial charge in [-0.25, -0.2) is 0 Å². The summed E-state index contributed by atoms with van der Waals surface area (Å²) in [6.45, 7) is 1.91. The van der Waals surface area contributed by atoms with Crippen LogP contribution in [-0.4, -0.2) is 8.42 Å². The van der Waals surface area contributed by atoms with Gasteiger partial charge in [0.2, 0.25) is 0 Å². The molecule has 0 spiro atoms. The molecular formula is C9H11FO2S. The molecule has 0 fully saturated rings. The van der Waals surface area contributed by atoms with E-state index in [4.69, 9.17) is 0 Å². The molecule has 0 aliphatic carbocycles. The molecule has 72 valence electrons. The molecule has 4 heteroatoms. The van der Waals surface area contributed by atoms with Gasteiger partial charge < -0.3 is 0 Å². The average Bonchev–Trinajstić information content (AvgIpc) is 2.02. The number of hydrogen-bond acceptors (Lipinski definition) is 2. The minimum atomic E-state index is -4.41. The Morgan fingerprint density at radius 2 is 1.77 bits per heavy atom. The fourth-order valence-corrected chi connectivity index (χ4v) is 1.88. The Hall–Kier alpha value is -0.900. The highest BCUT2D eigenvalue weighted by Crippen LogP contribution is 2.13. The molecule has 0 saturated carbocycles. The molecule has 1 rings (SSSR count). The minimum Gasteiger partial charge on any atom is -0.194 e. The van der Waals surface area contributed by atoms with E-state index in [0.717, 1.165) is 5.56 Å². The van der Waals surface area contributed by atoms with Gasteiger partial charge >= 0.3 is 10.2 Å². The maximum absolute atomic E-state index is 12.4. The van der Waals surface area contributed by atoms with Crippen molar-refractivity contribution in [1.29, 1.82) is 0 Å². The van der Waals surface area contributed by atoms with Crippen LogP contribution in [0.2, 0.25) is 0 Å². The third-order valence-corrected chi connectivity index (χ3v) is 2.48. The van der Waals surface area contributed by atoms with Crippen molar-refractivity contribution < 1.29 is 12.3 Å². The second kappa shape index (κ2) is 3.87. The largest absolute Gasteiger partial charge is 0.306 e. The Bertz CT molecular complexity index is 384. The van der Waals surface area contributed by atoms with E-state index in [1.807, 2.05) is 13.0 Å². The van der Waals surface area contributed by atoms with Crippen molar-refractivity contribution in [3.8, 4) is 0 Å². The molecule has 13 heavy (non-hydrogen) atoms. The second-order valence-corrected chi connectivity index (χ2v) is 4.17. The van der Waals surface area contributed by atoms with Crippen LogP contribution < -0.4 is 0 Å². The predicted molar refractivity (Wildman–Crippen MR) is 49.6 cm³/mol. The van der Waals surface area contributed by atoms with Gasteiger partial charge in [-0.05, 0) is 17.5 Å². The molecule has 0 amide bonds. The maximum atomic E-state index is 12.4. The SMILES string of the molecule is CCc1ccccc1CS(=O)(=O)F. The van der Waals surface area contributed by atoms with Gasteiger partial charge in [-0.2, -0.15) is 8.42 Å². The maximum Gasteiger partial charge on any atom is 0.306 e. The van der Waals surface area contributed by atoms with Gasteiger partial charge in [0.1, 0.15) is 5.75 Å². The average molecular weight is 202 g/mol. The Morgan fingerprint density at radius 3 is 2.23 bits per heavy atom. The lowest BCUT2D eigenvalue weighted by molar-refractivity contribution is 0.551. The monoisotopic (exact) mass is 202 g/mol. The number of halogens is 1. The predicted octanol–water partition coefficient (Wildman–Crippen LogP) is 2.05.